The second-order valence-corrected chi connectivity index (χ2v) is 3.42. The van der Waals surface area contributed by atoms with Crippen LogP contribution in [0.4, 0.5) is 8.78 Å². The highest BCUT2D eigenvalue weighted by atomic mass is 19.2. The molecule has 1 atom stereocenters. The van der Waals surface area contributed by atoms with Gasteiger partial charge in [0, 0.05) is 0 Å². The number of hydrogen-bond acceptors (Lipinski definition) is 3. The summed E-state index contributed by atoms with van der Waals surface area (Å²) in [6.07, 6.45) is 0. The Morgan fingerprint density at radius 2 is 1.94 bits per heavy atom. The molecule has 0 heterocycles. The molecule has 17 heavy (non-hydrogen) atoms. The Kier molecular flexibility index (Phi) is 3.77. The van der Waals surface area contributed by atoms with E-state index < -0.39 is 35.1 Å². The summed E-state index contributed by atoms with van der Waals surface area (Å²) in [6.45, 7) is 1.30. The summed E-state index contributed by atoms with van der Waals surface area (Å²) in [5.41, 5.74) is -0.618. The van der Waals surface area contributed by atoms with Gasteiger partial charge in [0.15, 0.2) is 11.6 Å². The van der Waals surface area contributed by atoms with E-state index in [1.165, 1.54) is 6.92 Å². The minimum absolute atomic E-state index is 0.00296. The molecule has 0 fully saturated rings. The average Bonchev–Trinajstić information content (AvgIpc) is 2.30. The lowest BCUT2D eigenvalue weighted by atomic mass is 9.98. The zero-order valence-corrected chi connectivity index (χ0v) is 9.16. The van der Waals surface area contributed by atoms with E-state index in [1.807, 2.05) is 0 Å². The molecule has 1 rings (SSSR count). The molecule has 0 aliphatic carbocycles. The summed E-state index contributed by atoms with van der Waals surface area (Å²) >= 11 is 0. The zero-order chi connectivity index (χ0) is 13.2. The number of hydrogen-bond donors (Lipinski definition) is 1. The van der Waals surface area contributed by atoms with E-state index in [4.69, 9.17) is 5.11 Å². The molecule has 0 amide bonds. The second kappa shape index (κ2) is 4.90. The summed E-state index contributed by atoms with van der Waals surface area (Å²) in [4.78, 5) is 21.9. The molecule has 0 saturated carbocycles. The van der Waals surface area contributed by atoms with E-state index >= 15 is 0 Å². The van der Waals surface area contributed by atoms with Crippen molar-refractivity contribution in [3.8, 4) is 0 Å². The largest absolute Gasteiger partial charge is 0.481 e. The standard InChI is InChI=1S/C11H10F2O4/c1-5(10(14)15)6-3-7(11(16)17-2)9(13)8(12)4-6/h3-5H,1-2H3,(H,14,15). The summed E-state index contributed by atoms with van der Waals surface area (Å²) in [6, 6.07) is 1.73. The molecule has 1 aromatic rings. The summed E-state index contributed by atoms with van der Waals surface area (Å²) < 4.78 is 30.7. The predicted octanol–water partition coefficient (Wildman–Crippen LogP) is 1.94. The van der Waals surface area contributed by atoms with Gasteiger partial charge in [-0.05, 0) is 24.6 Å². The molecule has 6 heteroatoms. The number of methoxy groups -OCH3 is 1. The Labute approximate surface area is 95.8 Å². The molecule has 0 radical (unpaired) electrons. The number of carbonyl (C=O) groups excluding carboxylic acids is 1. The molecule has 1 unspecified atom stereocenters. The van der Waals surface area contributed by atoms with Crippen molar-refractivity contribution in [3.63, 3.8) is 0 Å². The summed E-state index contributed by atoms with van der Waals surface area (Å²) in [5.74, 6) is -5.93. The lowest BCUT2D eigenvalue weighted by molar-refractivity contribution is -0.138. The van der Waals surface area contributed by atoms with Gasteiger partial charge in [-0.2, -0.15) is 0 Å². The van der Waals surface area contributed by atoms with Gasteiger partial charge in [0.2, 0.25) is 0 Å². The molecule has 0 bridgehead atoms. The highest BCUT2D eigenvalue weighted by molar-refractivity contribution is 5.90. The van der Waals surface area contributed by atoms with Crippen LogP contribution in [0.3, 0.4) is 0 Å². The van der Waals surface area contributed by atoms with Crippen LogP contribution in [0.1, 0.15) is 28.8 Å². The van der Waals surface area contributed by atoms with E-state index in [2.05, 4.69) is 4.74 Å². The van der Waals surface area contributed by atoms with E-state index in [0.29, 0.717) is 0 Å². The highest BCUT2D eigenvalue weighted by Gasteiger charge is 2.22. The molecular formula is C11H10F2O4. The van der Waals surface area contributed by atoms with Gasteiger partial charge in [-0.25, -0.2) is 13.6 Å². The molecule has 0 aliphatic heterocycles. The lowest BCUT2D eigenvalue weighted by Crippen LogP contribution is -2.12. The molecule has 0 saturated heterocycles. The van der Waals surface area contributed by atoms with Gasteiger partial charge in [0.25, 0.3) is 0 Å². The first kappa shape index (κ1) is 13.1. The minimum Gasteiger partial charge on any atom is -0.481 e. The SMILES string of the molecule is COC(=O)c1cc(C(C)C(=O)O)cc(F)c1F. The van der Waals surface area contributed by atoms with Crippen LogP contribution in [0.15, 0.2) is 12.1 Å². The number of benzene rings is 1. The fourth-order valence-corrected chi connectivity index (χ4v) is 1.26. The van der Waals surface area contributed by atoms with Crippen LogP contribution in [0, 0.1) is 11.6 Å². The molecule has 0 aliphatic rings. The first-order valence-electron chi connectivity index (χ1n) is 4.68. The van der Waals surface area contributed by atoms with Gasteiger partial charge >= 0.3 is 11.9 Å². The van der Waals surface area contributed by atoms with Crippen molar-refractivity contribution < 1.29 is 28.2 Å². The van der Waals surface area contributed by atoms with E-state index in [9.17, 15) is 18.4 Å². The Hall–Kier alpha value is -1.98. The van der Waals surface area contributed by atoms with Gasteiger partial charge in [-0.1, -0.05) is 0 Å². The topological polar surface area (TPSA) is 63.6 Å². The van der Waals surface area contributed by atoms with Gasteiger partial charge in [0.05, 0.1) is 18.6 Å². The maximum Gasteiger partial charge on any atom is 0.340 e. The number of carbonyl (C=O) groups is 2. The number of aliphatic carboxylic acids is 1. The number of carboxylic acids is 1. The van der Waals surface area contributed by atoms with Crippen LogP contribution in [0.5, 0.6) is 0 Å². The number of ether oxygens (including phenoxy) is 1. The van der Waals surface area contributed by atoms with Gasteiger partial charge < -0.3 is 9.84 Å². The van der Waals surface area contributed by atoms with Crippen LogP contribution < -0.4 is 0 Å². The lowest BCUT2D eigenvalue weighted by Gasteiger charge is -2.09. The predicted molar refractivity (Wildman–Crippen MR) is 53.7 cm³/mol. The van der Waals surface area contributed by atoms with E-state index in [-0.39, 0.29) is 5.56 Å². The van der Waals surface area contributed by atoms with Crippen LogP contribution in [-0.2, 0) is 9.53 Å². The molecular weight excluding hydrogens is 234 g/mol. The van der Waals surface area contributed by atoms with Crippen LogP contribution in [0.25, 0.3) is 0 Å². The van der Waals surface area contributed by atoms with Crippen LogP contribution in [0.2, 0.25) is 0 Å². The second-order valence-electron chi connectivity index (χ2n) is 3.42. The Morgan fingerprint density at radius 3 is 2.41 bits per heavy atom. The maximum atomic E-state index is 13.3. The quantitative estimate of drug-likeness (QED) is 0.825. The molecule has 4 nitrogen and oxygen atoms in total. The first-order valence-corrected chi connectivity index (χ1v) is 4.68. The number of esters is 1. The van der Waals surface area contributed by atoms with Crippen LogP contribution >= 0.6 is 0 Å². The van der Waals surface area contributed by atoms with Crippen molar-refractivity contribution in [3.05, 3.63) is 34.9 Å². The smallest absolute Gasteiger partial charge is 0.340 e. The Morgan fingerprint density at radius 1 is 1.35 bits per heavy atom. The molecule has 1 aromatic carbocycles. The minimum atomic E-state index is -1.35. The van der Waals surface area contributed by atoms with E-state index in [1.54, 1.807) is 0 Å². The molecule has 1 N–H and O–H groups in total. The normalized spacial score (nSPS) is 12.0. The van der Waals surface area contributed by atoms with Gasteiger partial charge in [-0.15, -0.1) is 0 Å². The van der Waals surface area contributed by atoms with Crippen molar-refractivity contribution in [1.82, 2.24) is 0 Å². The van der Waals surface area contributed by atoms with Crippen molar-refractivity contribution in [1.29, 1.82) is 0 Å². The van der Waals surface area contributed by atoms with Crippen molar-refractivity contribution in [2.45, 2.75) is 12.8 Å². The van der Waals surface area contributed by atoms with Crippen molar-refractivity contribution in [2.75, 3.05) is 7.11 Å². The fraction of sp³-hybridized carbons (Fsp3) is 0.273. The van der Waals surface area contributed by atoms with Gasteiger partial charge in [0.1, 0.15) is 0 Å². The number of carboxylic acid groups (broad SMARTS) is 1. The Bertz CT molecular complexity index is 471. The highest BCUT2D eigenvalue weighted by Crippen LogP contribution is 2.22. The monoisotopic (exact) mass is 244 g/mol. The maximum absolute atomic E-state index is 13.3. The zero-order valence-electron chi connectivity index (χ0n) is 9.16. The first-order chi connectivity index (χ1) is 7.88. The summed E-state index contributed by atoms with van der Waals surface area (Å²) in [7, 11) is 1.02. The number of rotatable bonds is 3. The molecule has 0 aromatic heterocycles. The number of halogens is 2. The van der Waals surface area contributed by atoms with Gasteiger partial charge in [-0.3, -0.25) is 4.79 Å². The van der Waals surface area contributed by atoms with Crippen LogP contribution in [-0.4, -0.2) is 24.2 Å². The fourth-order valence-electron chi connectivity index (χ4n) is 1.26. The van der Waals surface area contributed by atoms with Crippen molar-refractivity contribution >= 4 is 11.9 Å². The Balaban J connectivity index is 3.33. The van der Waals surface area contributed by atoms with E-state index in [0.717, 1.165) is 19.2 Å². The third-order valence-electron chi connectivity index (χ3n) is 2.33. The third-order valence-corrected chi connectivity index (χ3v) is 2.33. The van der Waals surface area contributed by atoms with Crippen molar-refractivity contribution in [2.24, 2.45) is 0 Å². The molecule has 92 valence electrons. The summed E-state index contributed by atoms with van der Waals surface area (Å²) in [5, 5.41) is 8.75. The molecule has 0 spiro atoms. The third kappa shape index (κ3) is 2.58. The average molecular weight is 244 g/mol.